The van der Waals surface area contributed by atoms with Crippen molar-refractivity contribution in [2.75, 3.05) is 26.7 Å². The van der Waals surface area contributed by atoms with Crippen LogP contribution in [-0.2, 0) is 11.3 Å². The highest BCUT2D eigenvalue weighted by Gasteiger charge is 2.18. The number of carbonyl (C=O) groups excluding carboxylic acids is 1. The molecule has 1 aliphatic heterocycles. The van der Waals surface area contributed by atoms with Gasteiger partial charge >= 0.3 is 5.97 Å². The summed E-state index contributed by atoms with van der Waals surface area (Å²) in [6.45, 7) is 6.41. The lowest BCUT2D eigenvalue weighted by atomic mass is 10.1. The van der Waals surface area contributed by atoms with Gasteiger partial charge in [-0.25, -0.2) is 4.79 Å². The molecule has 5 heteroatoms. The first-order valence-corrected chi connectivity index (χ1v) is 6.95. The van der Waals surface area contributed by atoms with Crippen LogP contribution in [0.25, 0.3) is 0 Å². The number of rotatable bonds is 5. The Morgan fingerprint density at radius 3 is 3.16 bits per heavy atom. The molecule has 0 aliphatic carbocycles. The summed E-state index contributed by atoms with van der Waals surface area (Å²) >= 11 is 0. The van der Waals surface area contributed by atoms with Crippen molar-refractivity contribution >= 4 is 5.97 Å². The van der Waals surface area contributed by atoms with Crippen molar-refractivity contribution in [3.8, 4) is 0 Å². The van der Waals surface area contributed by atoms with Crippen molar-refractivity contribution in [3.63, 3.8) is 0 Å². The number of ether oxygens (including phenoxy) is 1. The van der Waals surface area contributed by atoms with Crippen LogP contribution in [-0.4, -0.2) is 48.6 Å². The molecule has 0 bridgehead atoms. The van der Waals surface area contributed by atoms with Gasteiger partial charge in [-0.1, -0.05) is 6.92 Å². The first kappa shape index (κ1) is 14.1. The van der Waals surface area contributed by atoms with Crippen LogP contribution in [0.4, 0.5) is 0 Å². The molecule has 106 valence electrons. The summed E-state index contributed by atoms with van der Waals surface area (Å²) in [5, 5.41) is 3.55. The molecule has 0 aromatic carbocycles. The Kier molecular flexibility index (Phi) is 4.99. The Bertz CT molecular complexity index is 417. The topological polar surface area (TPSA) is 57.4 Å². The molecule has 0 amide bonds. The minimum Gasteiger partial charge on any atom is -0.464 e. The molecule has 1 saturated heterocycles. The summed E-state index contributed by atoms with van der Waals surface area (Å²) < 4.78 is 4.68. The van der Waals surface area contributed by atoms with Crippen LogP contribution in [0.15, 0.2) is 12.1 Å². The van der Waals surface area contributed by atoms with Gasteiger partial charge in [0.1, 0.15) is 5.69 Å². The second-order valence-electron chi connectivity index (χ2n) is 5.00. The number of carbonyl (C=O) groups is 1. The molecule has 1 atom stereocenters. The monoisotopic (exact) mass is 265 g/mol. The number of methoxy groups -OCH3 is 1. The van der Waals surface area contributed by atoms with Crippen molar-refractivity contribution in [1.29, 1.82) is 0 Å². The van der Waals surface area contributed by atoms with Gasteiger partial charge in [0.2, 0.25) is 0 Å². The van der Waals surface area contributed by atoms with E-state index in [-0.39, 0.29) is 5.97 Å². The Hall–Kier alpha value is -1.33. The van der Waals surface area contributed by atoms with E-state index in [4.69, 9.17) is 0 Å². The molecule has 5 nitrogen and oxygen atoms in total. The minimum atomic E-state index is -0.318. The third kappa shape index (κ3) is 3.81. The number of nitrogens with one attached hydrogen (secondary N) is 2. The van der Waals surface area contributed by atoms with Crippen molar-refractivity contribution in [1.82, 2.24) is 15.2 Å². The van der Waals surface area contributed by atoms with Gasteiger partial charge in [-0.05, 0) is 38.1 Å². The summed E-state index contributed by atoms with van der Waals surface area (Å²) in [4.78, 5) is 16.9. The van der Waals surface area contributed by atoms with Crippen LogP contribution in [0, 0.1) is 0 Å². The zero-order valence-corrected chi connectivity index (χ0v) is 11.7. The summed E-state index contributed by atoms with van der Waals surface area (Å²) in [7, 11) is 1.39. The lowest BCUT2D eigenvalue weighted by molar-refractivity contribution is 0.0594. The van der Waals surface area contributed by atoms with E-state index >= 15 is 0 Å². The normalized spacial score (nSPS) is 20.4. The molecule has 0 radical (unpaired) electrons. The lowest BCUT2D eigenvalue weighted by Gasteiger charge is -2.32. The van der Waals surface area contributed by atoms with Gasteiger partial charge in [0.05, 0.1) is 7.11 Å². The first-order valence-electron chi connectivity index (χ1n) is 6.95. The van der Waals surface area contributed by atoms with E-state index in [0.29, 0.717) is 11.7 Å². The quantitative estimate of drug-likeness (QED) is 0.790. The second kappa shape index (κ2) is 6.73. The molecule has 0 spiro atoms. The number of hydrogen-bond donors (Lipinski definition) is 2. The largest absolute Gasteiger partial charge is 0.464 e. The molecule has 2 rings (SSSR count). The fraction of sp³-hybridized carbons (Fsp3) is 0.643. The third-order valence-electron chi connectivity index (χ3n) is 3.69. The van der Waals surface area contributed by atoms with Crippen LogP contribution in [0.5, 0.6) is 0 Å². The average Bonchev–Trinajstić information content (AvgIpc) is 2.93. The summed E-state index contributed by atoms with van der Waals surface area (Å²) in [5.41, 5.74) is 1.53. The zero-order chi connectivity index (χ0) is 13.7. The Labute approximate surface area is 114 Å². The van der Waals surface area contributed by atoms with E-state index in [9.17, 15) is 4.79 Å². The minimum absolute atomic E-state index is 0.318. The number of likely N-dealkylation sites (tertiary alicyclic amines) is 1. The van der Waals surface area contributed by atoms with Crippen molar-refractivity contribution in [3.05, 3.63) is 23.5 Å². The molecule has 2 N–H and O–H groups in total. The number of likely N-dealkylation sites (N-methyl/N-ethyl adjacent to an activating group) is 1. The second-order valence-corrected chi connectivity index (χ2v) is 5.00. The zero-order valence-electron chi connectivity index (χ0n) is 11.7. The van der Waals surface area contributed by atoms with E-state index in [0.717, 1.165) is 25.3 Å². The predicted molar refractivity (Wildman–Crippen MR) is 74.1 cm³/mol. The van der Waals surface area contributed by atoms with Gasteiger partial charge in [-0.15, -0.1) is 0 Å². The van der Waals surface area contributed by atoms with E-state index in [2.05, 4.69) is 26.9 Å². The molecule has 19 heavy (non-hydrogen) atoms. The maximum Gasteiger partial charge on any atom is 0.354 e. The SMILES string of the molecule is CCN1CCCC(NCc2ccc(C(=O)OC)[nH]2)C1. The number of H-pyrrole nitrogens is 1. The fourth-order valence-electron chi connectivity index (χ4n) is 2.54. The fourth-order valence-corrected chi connectivity index (χ4v) is 2.54. The van der Waals surface area contributed by atoms with Crippen LogP contribution >= 0.6 is 0 Å². The lowest BCUT2D eigenvalue weighted by Crippen LogP contribution is -2.45. The summed E-state index contributed by atoms with van der Waals surface area (Å²) in [6.07, 6.45) is 2.48. The van der Waals surface area contributed by atoms with E-state index in [1.165, 1.54) is 26.5 Å². The van der Waals surface area contributed by atoms with Gasteiger partial charge < -0.3 is 19.9 Å². The van der Waals surface area contributed by atoms with Gasteiger partial charge in [-0.3, -0.25) is 0 Å². The molecule has 1 aromatic heterocycles. The molecular weight excluding hydrogens is 242 g/mol. The molecule has 2 heterocycles. The van der Waals surface area contributed by atoms with Crippen molar-refractivity contribution in [2.45, 2.75) is 32.4 Å². The number of aromatic nitrogens is 1. The molecular formula is C14H23N3O2. The number of aromatic amines is 1. The number of esters is 1. The van der Waals surface area contributed by atoms with Gasteiger partial charge in [0.25, 0.3) is 0 Å². The number of nitrogens with zero attached hydrogens (tertiary/aromatic N) is 1. The number of piperidine rings is 1. The van der Waals surface area contributed by atoms with Gasteiger partial charge in [0.15, 0.2) is 0 Å². The summed E-state index contributed by atoms with van der Waals surface area (Å²) in [6, 6.07) is 4.24. The molecule has 1 aliphatic rings. The first-order chi connectivity index (χ1) is 9.22. The standard InChI is InChI=1S/C14H23N3O2/c1-3-17-8-4-5-12(10-17)15-9-11-6-7-13(16-11)14(18)19-2/h6-7,12,15-16H,3-5,8-10H2,1-2H3. The molecule has 1 unspecified atom stereocenters. The van der Waals surface area contributed by atoms with Crippen LogP contribution in [0.1, 0.15) is 35.9 Å². The Morgan fingerprint density at radius 2 is 2.42 bits per heavy atom. The number of hydrogen-bond acceptors (Lipinski definition) is 4. The van der Waals surface area contributed by atoms with Crippen LogP contribution in [0.2, 0.25) is 0 Å². The highest BCUT2D eigenvalue weighted by Crippen LogP contribution is 2.10. The van der Waals surface area contributed by atoms with E-state index < -0.39 is 0 Å². The third-order valence-corrected chi connectivity index (χ3v) is 3.69. The Balaban J connectivity index is 1.81. The summed E-state index contributed by atoms with van der Waals surface area (Å²) in [5.74, 6) is -0.318. The predicted octanol–water partition coefficient (Wildman–Crippen LogP) is 1.38. The van der Waals surface area contributed by atoms with Crippen molar-refractivity contribution < 1.29 is 9.53 Å². The Morgan fingerprint density at radius 1 is 1.58 bits per heavy atom. The van der Waals surface area contributed by atoms with E-state index in [1.807, 2.05) is 6.07 Å². The maximum atomic E-state index is 11.3. The van der Waals surface area contributed by atoms with Gasteiger partial charge in [-0.2, -0.15) is 0 Å². The highest BCUT2D eigenvalue weighted by molar-refractivity contribution is 5.87. The van der Waals surface area contributed by atoms with Crippen LogP contribution in [0.3, 0.4) is 0 Å². The van der Waals surface area contributed by atoms with Gasteiger partial charge in [0, 0.05) is 24.8 Å². The molecule has 1 fully saturated rings. The molecule has 0 saturated carbocycles. The maximum absolute atomic E-state index is 11.3. The van der Waals surface area contributed by atoms with E-state index in [1.54, 1.807) is 6.07 Å². The van der Waals surface area contributed by atoms with Crippen LogP contribution < -0.4 is 5.32 Å². The smallest absolute Gasteiger partial charge is 0.354 e. The highest BCUT2D eigenvalue weighted by atomic mass is 16.5. The molecule has 1 aromatic rings. The van der Waals surface area contributed by atoms with Crippen molar-refractivity contribution in [2.24, 2.45) is 0 Å². The average molecular weight is 265 g/mol.